The van der Waals surface area contributed by atoms with E-state index in [0.29, 0.717) is 10.6 Å². The van der Waals surface area contributed by atoms with E-state index in [1.807, 2.05) is 0 Å². The number of hydrogen-bond donors (Lipinski definition) is 0. The number of thiophene rings is 1. The Morgan fingerprint density at radius 3 is 2.83 bits per heavy atom. The van der Waals surface area contributed by atoms with Crippen molar-refractivity contribution in [2.45, 2.75) is 6.92 Å². The van der Waals surface area contributed by atoms with Crippen molar-refractivity contribution < 1.29 is 18.8 Å². The molecule has 5 nitrogen and oxygen atoms in total. The van der Waals surface area contributed by atoms with Gasteiger partial charge in [-0.2, -0.15) is 0 Å². The van der Waals surface area contributed by atoms with Crippen LogP contribution in [0.3, 0.4) is 0 Å². The van der Waals surface area contributed by atoms with Crippen molar-refractivity contribution in [2.24, 2.45) is 0 Å². The number of ether oxygens (including phenoxy) is 1. The number of hydrogen-bond acceptors (Lipinski definition) is 6. The molecule has 0 fully saturated rings. The van der Waals surface area contributed by atoms with Gasteiger partial charge in [-0.25, -0.2) is 4.79 Å². The molecule has 0 amide bonds. The fourth-order valence-corrected chi connectivity index (χ4v) is 2.51. The second-order valence-electron chi connectivity index (χ2n) is 3.44. The lowest BCUT2D eigenvalue weighted by Crippen LogP contribution is -2.12. The minimum Gasteiger partial charge on any atom is -0.451 e. The van der Waals surface area contributed by atoms with Gasteiger partial charge in [0.25, 0.3) is 0 Å². The van der Waals surface area contributed by atoms with E-state index in [1.165, 1.54) is 17.4 Å². The van der Waals surface area contributed by atoms with Crippen LogP contribution in [0.2, 0.25) is 0 Å². The summed E-state index contributed by atoms with van der Waals surface area (Å²) in [6.45, 7) is 1.38. The van der Waals surface area contributed by atoms with Crippen molar-refractivity contribution in [2.75, 3.05) is 6.61 Å². The zero-order valence-corrected chi connectivity index (χ0v) is 11.7. The third-order valence-electron chi connectivity index (χ3n) is 2.01. The van der Waals surface area contributed by atoms with Gasteiger partial charge in [-0.05, 0) is 35.0 Å². The summed E-state index contributed by atoms with van der Waals surface area (Å²) < 4.78 is 10.4. The summed E-state index contributed by atoms with van der Waals surface area (Å²) >= 11 is 4.54. The monoisotopic (exact) mass is 329 g/mol. The van der Waals surface area contributed by atoms with Gasteiger partial charge in [0.2, 0.25) is 11.5 Å². The average molecular weight is 330 g/mol. The average Bonchev–Trinajstić information content (AvgIpc) is 2.94. The lowest BCUT2D eigenvalue weighted by molar-refractivity contribution is 0.0436. The van der Waals surface area contributed by atoms with Crippen molar-refractivity contribution in [3.8, 4) is 0 Å². The van der Waals surface area contributed by atoms with Crippen molar-refractivity contribution in [3.05, 3.63) is 38.3 Å². The van der Waals surface area contributed by atoms with Crippen molar-refractivity contribution >= 4 is 39.0 Å². The predicted octanol–water partition coefficient (Wildman–Crippen LogP) is 2.85. The number of halogens is 1. The predicted molar refractivity (Wildman–Crippen MR) is 67.9 cm³/mol. The molecule has 94 valence electrons. The number of nitrogens with zero attached hydrogens (tertiary/aromatic N) is 1. The SMILES string of the molecule is Cc1cc(C(=O)OCC(=O)c2ccc(Br)s2)on1. The van der Waals surface area contributed by atoms with Crippen LogP contribution in [-0.2, 0) is 4.74 Å². The molecule has 2 aromatic heterocycles. The molecule has 0 N–H and O–H groups in total. The van der Waals surface area contributed by atoms with Gasteiger partial charge in [0, 0.05) is 6.07 Å². The van der Waals surface area contributed by atoms with Gasteiger partial charge in [-0.1, -0.05) is 5.16 Å². The third-order valence-corrected chi connectivity index (χ3v) is 3.68. The Balaban J connectivity index is 1.92. The Hall–Kier alpha value is -1.47. The van der Waals surface area contributed by atoms with E-state index in [4.69, 9.17) is 9.26 Å². The quantitative estimate of drug-likeness (QED) is 0.637. The third kappa shape index (κ3) is 3.05. The number of rotatable bonds is 4. The fraction of sp³-hybridized carbons (Fsp3) is 0.182. The molecular weight excluding hydrogens is 322 g/mol. The number of aryl methyl sites for hydroxylation is 1. The van der Waals surface area contributed by atoms with Crippen LogP contribution >= 0.6 is 27.3 Å². The van der Waals surface area contributed by atoms with Crippen LogP contribution < -0.4 is 0 Å². The molecule has 0 saturated carbocycles. The molecule has 0 aliphatic heterocycles. The lowest BCUT2D eigenvalue weighted by atomic mass is 10.3. The molecule has 18 heavy (non-hydrogen) atoms. The normalized spacial score (nSPS) is 10.3. The summed E-state index contributed by atoms with van der Waals surface area (Å²) in [6, 6.07) is 4.89. The van der Waals surface area contributed by atoms with Crippen LogP contribution in [0.25, 0.3) is 0 Å². The Morgan fingerprint density at radius 2 is 2.28 bits per heavy atom. The Kier molecular flexibility index (Phi) is 3.93. The molecule has 0 unspecified atom stereocenters. The van der Waals surface area contributed by atoms with Crippen LogP contribution in [0.5, 0.6) is 0 Å². The molecule has 0 aliphatic rings. The molecule has 2 heterocycles. The van der Waals surface area contributed by atoms with E-state index in [-0.39, 0.29) is 18.2 Å². The van der Waals surface area contributed by atoms with E-state index >= 15 is 0 Å². The highest BCUT2D eigenvalue weighted by Crippen LogP contribution is 2.22. The van der Waals surface area contributed by atoms with Gasteiger partial charge in [0.1, 0.15) is 0 Å². The topological polar surface area (TPSA) is 69.4 Å². The van der Waals surface area contributed by atoms with Crippen LogP contribution in [0.1, 0.15) is 25.9 Å². The maximum Gasteiger partial charge on any atom is 0.377 e. The highest BCUT2D eigenvalue weighted by molar-refractivity contribution is 9.11. The second kappa shape index (κ2) is 5.45. The zero-order chi connectivity index (χ0) is 13.1. The summed E-state index contributed by atoms with van der Waals surface area (Å²) in [4.78, 5) is 23.7. The molecular formula is C11H8BrNO4S. The molecule has 0 aromatic carbocycles. The Morgan fingerprint density at radius 1 is 1.50 bits per heavy atom. The van der Waals surface area contributed by atoms with Crippen LogP contribution in [0, 0.1) is 6.92 Å². The molecule has 2 rings (SSSR count). The van der Waals surface area contributed by atoms with E-state index in [0.717, 1.165) is 3.79 Å². The van der Waals surface area contributed by atoms with Gasteiger partial charge in [-0.15, -0.1) is 11.3 Å². The maximum absolute atomic E-state index is 11.7. The van der Waals surface area contributed by atoms with Crippen LogP contribution in [0.4, 0.5) is 0 Å². The van der Waals surface area contributed by atoms with Crippen LogP contribution in [0.15, 0.2) is 26.5 Å². The van der Waals surface area contributed by atoms with Gasteiger partial charge in [0.15, 0.2) is 6.61 Å². The van der Waals surface area contributed by atoms with Gasteiger partial charge >= 0.3 is 5.97 Å². The molecule has 2 aromatic rings. The summed E-state index contributed by atoms with van der Waals surface area (Å²) in [7, 11) is 0. The van der Waals surface area contributed by atoms with Gasteiger partial charge in [-0.3, -0.25) is 4.79 Å². The highest BCUT2D eigenvalue weighted by Gasteiger charge is 2.16. The Labute approximate surface area is 115 Å². The molecule has 7 heteroatoms. The first-order valence-corrected chi connectivity index (χ1v) is 6.56. The standard InChI is InChI=1S/C11H8BrNO4S/c1-6-4-8(17-13-6)11(15)16-5-7(14)9-2-3-10(12)18-9/h2-4H,5H2,1H3. The molecule has 0 atom stereocenters. The molecule has 0 bridgehead atoms. The minimum atomic E-state index is -0.695. The first-order chi connectivity index (χ1) is 8.56. The van der Waals surface area contributed by atoms with Crippen molar-refractivity contribution in [3.63, 3.8) is 0 Å². The number of carbonyl (C=O) groups excluding carboxylic acids is 2. The molecule has 0 aliphatic carbocycles. The summed E-state index contributed by atoms with van der Waals surface area (Å²) in [6.07, 6.45) is 0. The first kappa shape index (κ1) is 13.0. The van der Waals surface area contributed by atoms with Crippen LogP contribution in [-0.4, -0.2) is 23.5 Å². The number of ketones is 1. The highest BCUT2D eigenvalue weighted by atomic mass is 79.9. The largest absolute Gasteiger partial charge is 0.451 e. The number of carbonyl (C=O) groups is 2. The first-order valence-electron chi connectivity index (χ1n) is 4.95. The van der Waals surface area contributed by atoms with Gasteiger partial charge in [0.05, 0.1) is 14.4 Å². The van der Waals surface area contributed by atoms with E-state index in [2.05, 4.69) is 21.1 Å². The van der Waals surface area contributed by atoms with E-state index < -0.39 is 5.97 Å². The molecule has 0 saturated heterocycles. The van der Waals surface area contributed by atoms with Crippen molar-refractivity contribution in [1.29, 1.82) is 0 Å². The number of aromatic nitrogens is 1. The van der Waals surface area contributed by atoms with Gasteiger partial charge < -0.3 is 9.26 Å². The number of Topliss-reactive ketones (excluding diaryl/α,β-unsaturated/α-hetero) is 1. The maximum atomic E-state index is 11.7. The summed E-state index contributed by atoms with van der Waals surface area (Å²) in [5.74, 6) is -0.956. The minimum absolute atomic E-state index is 0.00680. The van der Waals surface area contributed by atoms with E-state index in [1.54, 1.807) is 19.1 Å². The smallest absolute Gasteiger partial charge is 0.377 e. The summed E-state index contributed by atoms with van der Waals surface area (Å²) in [5.41, 5.74) is 0.579. The number of esters is 1. The fourth-order valence-electron chi connectivity index (χ4n) is 1.20. The Bertz CT molecular complexity index is 537. The van der Waals surface area contributed by atoms with Crippen molar-refractivity contribution in [1.82, 2.24) is 5.16 Å². The zero-order valence-electron chi connectivity index (χ0n) is 9.31. The summed E-state index contributed by atoms with van der Waals surface area (Å²) in [5, 5.41) is 3.56. The molecule has 0 radical (unpaired) electrons. The second-order valence-corrected chi connectivity index (χ2v) is 5.90. The van der Waals surface area contributed by atoms with E-state index in [9.17, 15) is 9.59 Å². The molecule has 0 spiro atoms. The lowest BCUT2D eigenvalue weighted by Gasteiger charge is -1.99.